The van der Waals surface area contributed by atoms with Gasteiger partial charge in [-0.2, -0.15) is 0 Å². The van der Waals surface area contributed by atoms with Crippen molar-refractivity contribution in [3.63, 3.8) is 0 Å². The minimum Gasteiger partial charge on any atom is -0.351 e. The molecule has 1 rings (SSSR count). The van der Waals surface area contributed by atoms with Crippen molar-refractivity contribution in [2.45, 2.75) is 58.3 Å². The van der Waals surface area contributed by atoms with Crippen molar-refractivity contribution < 1.29 is 4.79 Å². The van der Waals surface area contributed by atoms with Crippen LogP contribution in [0.2, 0.25) is 10.2 Å². The number of aromatic nitrogens is 1. The van der Waals surface area contributed by atoms with Gasteiger partial charge in [0.2, 0.25) is 0 Å². The lowest BCUT2D eigenvalue weighted by molar-refractivity contribution is 0.0948. The second-order valence-electron chi connectivity index (χ2n) is 5.20. The molecule has 0 aromatic carbocycles. The lowest BCUT2D eigenvalue weighted by atomic mass is 10.1. The number of rotatable bonds is 10. The standard InChI is InChI=1S/C16H24Cl2N2O/c1-2-3-4-5-6-7-8-9-12-19-16(21)15-13(17)10-11-14(18)20-15/h10-11H,2-9,12H2,1H3,(H,19,21). The highest BCUT2D eigenvalue weighted by Gasteiger charge is 2.11. The Hall–Kier alpha value is -0.800. The van der Waals surface area contributed by atoms with E-state index < -0.39 is 0 Å². The monoisotopic (exact) mass is 330 g/mol. The molecule has 1 heterocycles. The predicted molar refractivity (Wildman–Crippen MR) is 89.2 cm³/mol. The number of carbonyl (C=O) groups is 1. The molecule has 0 bridgehead atoms. The summed E-state index contributed by atoms with van der Waals surface area (Å²) < 4.78 is 0. The predicted octanol–water partition coefficient (Wildman–Crippen LogP) is 5.26. The molecule has 1 N–H and O–H groups in total. The van der Waals surface area contributed by atoms with Crippen molar-refractivity contribution in [1.82, 2.24) is 10.3 Å². The maximum Gasteiger partial charge on any atom is 0.271 e. The first kappa shape index (κ1) is 18.2. The first-order valence-corrected chi connectivity index (χ1v) is 8.51. The van der Waals surface area contributed by atoms with Crippen LogP contribution in [-0.4, -0.2) is 17.4 Å². The van der Waals surface area contributed by atoms with E-state index >= 15 is 0 Å². The van der Waals surface area contributed by atoms with Gasteiger partial charge in [0.05, 0.1) is 5.02 Å². The molecule has 5 heteroatoms. The molecule has 0 atom stereocenters. The van der Waals surface area contributed by atoms with Gasteiger partial charge in [-0.1, -0.05) is 75.1 Å². The molecule has 1 aromatic rings. The van der Waals surface area contributed by atoms with Gasteiger partial charge in [-0.05, 0) is 18.6 Å². The number of carbonyl (C=O) groups excluding carboxylic acids is 1. The van der Waals surface area contributed by atoms with Gasteiger partial charge in [0.1, 0.15) is 10.8 Å². The van der Waals surface area contributed by atoms with Crippen molar-refractivity contribution in [3.05, 3.63) is 28.0 Å². The van der Waals surface area contributed by atoms with Gasteiger partial charge in [0.15, 0.2) is 0 Å². The van der Waals surface area contributed by atoms with Crippen LogP contribution in [0.15, 0.2) is 12.1 Å². The first-order valence-electron chi connectivity index (χ1n) is 7.75. The highest BCUT2D eigenvalue weighted by Crippen LogP contribution is 2.16. The molecular formula is C16H24Cl2N2O. The second-order valence-corrected chi connectivity index (χ2v) is 5.99. The molecule has 0 radical (unpaired) electrons. The van der Waals surface area contributed by atoms with Crippen LogP contribution in [0, 0.1) is 0 Å². The third kappa shape index (κ3) is 7.68. The van der Waals surface area contributed by atoms with Gasteiger partial charge in [0, 0.05) is 6.54 Å². The zero-order valence-electron chi connectivity index (χ0n) is 12.6. The van der Waals surface area contributed by atoms with E-state index in [-0.39, 0.29) is 16.8 Å². The lowest BCUT2D eigenvalue weighted by Gasteiger charge is -2.06. The number of hydrogen-bond acceptors (Lipinski definition) is 2. The molecule has 0 spiro atoms. The number of unbranched alkanes of at least 4 members (excludes halogenated alkanes) is 7. The lowest BCUT2D eigenvalue weighted by Crippen LogP contribution is -2.25. The summed E-state index contributed by atoms with van der Waals surface area (Å²) in [5, 5.41) is 3.44. The zero-order valence-corrected chi connectivity index (χ0v) is 14.1. The smallest absolute Gasteiger partial charge is 0.271 e. The van der Waals surface area contributed by atoms with E-state index in [0.29, 0.717) is 11.6 Å². The van der Waals surface area contributed by atoms with Crippen molar-refractivity contribution >= 4 is 29.1 Å². The summed E-state index contributed by atoms with van der Waals surface area (Å²) >= 11 is 11.7. The minimum absolute atomic E-state index is 0.198. The van der Waals surface area contributed by atoms with E-state index in [1.54, 1.807) is 12.1 Å². The van der Waals surface area contributed by atoms with Gasteiger partial charge in [-0.25, -0.2) is 4.98 Å². The molecule has 1 aromatic heterocycles. The molecule has 0 unspecified atom stereocenters. The normalized spacial score (nSPS) is 10.6. The molecule has 0 saturated carbocycles. The molecule has 1 amide bonds. The summed E-state index contributed by atoms with van der Waals surface area (Å²) in [7, 11) is 0. The second kappa shape index (κ2) is 10.9. The number of nitrogens with zero attached hydrogens (tertiary/aromatic N) is 1. The molecule has 0 aliphatic rings. The van der Waals surface area contributed by atoms with Crippen LogP contribution in [0.25, 0.3) is 0 Å². The third-order valence-electron chi connectivity index (χ3n) is 3.34. The quantitative estimate of drug-likeness (QED) is 0.469. The topological polar surface area (TPSA) is 42.0 Å². The van der Waals surface area contributed by atoms with Crippen LogP contribution in [0.3, 0.4) is 0 Å². The van der Waals surface area contributed by atoms with E-state index in [1.165, 1.54) is 38.5 Å². The average Bonchev–Trinajstić information content (AvgIpc) is 2.48. The summed E-state index contributed by atoms with van der Waals surface area (Å²) in [5.41, 5.74) is 0.198. The molecule has 0 aliphatic heterocycles. The Labute approximate surface area is 137 Å². The molecular weight excluding hydrogens is 307 g/mol. The number of amides is 1. The fourth-order valence-corrected chi connectivity index (χ4v) is 2.46. The Morgan fingerprint density at radius 2 is 1.67 bits per heavy atom. The third-order valence-corrected chi connectivity index (χ3v) is 3.86. The van der Waals surface area contributed by atoms with Gasteiger partial charge in [-0.15, -0.1) is 0 Å². The Morgan fingerprint density at radius 3 is 2.33 bits per heavy atom. The maximum atomic E-state index is 11.9. The summed E-state index contributed by atoms with van der Waals surface area (Å²) in [4.78, 5) is 15.9. The highest BCUT2D eigenvalue weighted by molar-refractivity contribution is 6.34. The van der Waals surface area contributed by atoms with Crippen LogP contribution < -0.4 is 5.32 Å². The van der Waals surface area contributed by atoms with Crippen LogP contribution in [0.1, 0.15) is 68.8 Å². The van der Waals surface area contributed by atoms with Crippen LogP contribution in [0.5, 0.6) is 0 Å². The fraction of sp³-hybridized carbons (Fsp3) is 0.625. The van der Waals surface area contributed by atoms with E-state index in [1.807, 2.05) is 0 Å². The zero-order chi connectivity index (χ0) is 15.5. The van der Waals surface area contributed by atoms with Crippen molar-refractivity contribution in [2.24, 2.45) is 0 Å². The van der Waals surface area contributed by atoms with Crippen molar-refractivity contribution in [3.8, 4) is 0 Å². The molecule has 0 saturated heterocycles. The fourth-order valence-electron chi connectivity index (χ4n) is 2.12. The minimum atomic E-state index is -0.259. The summed E-state index contributed by atoms with van der Waals surface area (Å²) in [5.74, 6) is -0.259. The molecule has 21 heavy (non-hydrogen) atoms. The average molecular weight is 331 g/mol. The number of nitrogens with one attached hydrogen (secondary N) is 1. The summed E-state index contributed by atoms with van der Waals surface area (Å²) in [6.45, 7) is 2.88. The van der Waals surface area contributed by atoms with Crippen LogP contribution in [0.4, 0.5) is 0 Å². The maximum absolute atomic E-state index is 11.9. The number of hydrogen-bond donors (Lipinski definition) is 1. The van der Waals surface area contributed by atoms with Crippen molar-refractivity contribution in [2.75, 3.05) is 6.54 Å². The molecule has 3 nitrogen and oxygen atoms in total. The van der Waals surface area contributed by atoms with Gasteiger partial charge in [-0.3, -0.25) is 4.79 Å². The van der Waals surface area contributed by atoms with Gasteiger partial charge in [0.25, 0.3) is 5.91 Å². The Kier molecular flexibility index (Phi) is 9.44. The van der Waals surface area contributed by atoms with Crippen molar-refractivity contribution in [1.29, 1.82) is 0 Å². The summed E-state index contributed by atoms with van der Waals surface area (Å²) in [6.07, 6.45) is 9.93. The van der Waals surface area contributed by atoms with Crippen LogP contribution in [-0.2, 0) is 0 Å². The highest BCUT2D eigenvalue weighted by atomic mass is 35.5. The van der Waals surface area contributed by atoms with Gasteiger partial charge >= 0.3 is 0 Å². The Morgan fingerprint density at radius 1 is 1.05 bits per heavy atom. The largest absolute Gasteiger partial charge is 0.351 e. The van der Waals surface area contributed by atoms with E-state index in [4.69, 9.17) is 23.2 Å². The first-order chi connectivity index (χ1) is 10.1. The molecule has 0 aliphatic carbocycles. The van der Waals surface area contributed by atoms with E-state index in [0.717, 1.165) is 12.8 Å². The van der Waals surface area contributed by atoms with E-state index in [2.05, 4.69) is 17.2 Å². The Balaban J connectivity index is 2.12. The van der Waals surface area contributed by atoms with E-state index in [9.17, 15) is 4.79 Å². The molecule has 118 valence electrons. The molecule has 0 fully saturated rings. The van der Waals surface area contributed by atoms with Crippen LogP contribution >= 0.6 is 23.2 Å². The number of halogens is 2. The summed E-state index contributed by atoms with van der Waals surface area (Å²) in [6, 6.07) is 3.15. The SMILES string of the molecule is CCCCCCCCCCNC(=O)c1nc(Cl)ccc1Cl. The number of pyridine rings is 1. The Bertz CT molecular complexity index is 438. The van der Waals surface area contributed by atoms with Gasteiger partial charge < -0.3 is 5.32 Å².